The lowest BCUT2D eigenvalue weighted by molar-refractivity contribution is -0.129. The van der Waals surface area contributed by atoms with Crippen LogP contribution in [0.25, 0.3) is 0 Å². The number of fused-ring (bicyclic) bond motifs is 1. The van der Waals surface area contributed by atoms with Gasteiger partial charge < -0.3 is 14.7 Å². The van der Waals surface area contributed by atoms with Crippen LogP contribution in [-0.2, 0) is 11.2 Å². The van der Waals surface area contributed by atoms with Gasteiger partial charge in [-0.1, -0.05) is 18.2 Å². The van der Waals surface area contributed by atoms with Gasteiger partial charge in [-0.2, -0.15) is 0 Å². The Morgan fingerprint density at radius 2 is 1.67 bits per heavy atom. The van der Waals surface area contributed by atoms with Gasteiger partial charge in [0, 0.05) is 57.7 Å². The molecule has 0 radical (unpaired) electrons. The molecule has 0 spiro atoms. The summed E-state index contributed by atoms with van der Waals surface area (Å²) in [7, 11) is 0. The zero-order valence-electron chi connectivity index (χ0n) is 15.5. The van der Waals surface area contributed by atoms with Gasteiger partial charge in [0.05, 0.1) is 5.56 Å². The highest BCUT2D eigenvalue weighted by Gasteiger charge is 2.25. The normalized spacial score (nSPS) is 16.9. The third-order valence-electron chi connectivity index (χ3n) is 5.25. The number of carbonyl (C=O) groups excluding carboxylic acids is 2. The quantitative estimate of drug-likeness (QED) is 0.811. The summed E-state index contributed by atoms with van der Waals surface area (Å²) in [4.78, 5) is 38.9. The summed E-state index contributed by atoms with van der Waals surface area (Å²) >= 11 is 0. The zero-order chi connectivity index (χ0) is 18.8. The number of para-hydroxylation sites is 1. The van der Waals surface area contributed by atoms with E-state index < -0.39 is 0 Å². The summed E-state index contributed by atoms with van der Waals surface area (Å²) in [5.74, 6) is 0.641. The van der Waals surface area contributed by atoms with Crippen LogP contribution in [0, 0.1) is 0 Å². The summed E-state index contributed by atoms with van der Waals surface area (Å²) in [6, 6.07) is 8.05. The topological polar surface area (TPSA) is 69.6 Å². The van der Waals surface area contributed by atoms with Gasteiger partial charge >= 0.3 is 0 Å². The third kappa shape index (κ3) is 3.49. The second-order valence-electron chi connectivity index (χ2n) is 6.95. The first-order valence-corrected chi connectivity index (χ1v) is 9.36. The molecule has 2 aliphatic heterocycles. The maximum absolute atomic E-state index is 13.0. The lowest BCUT2D eigenvalue weighted by Crippen LogP contribution is -2.48. The number of hydrogen-bond donors (Lipinski definition) is 0. The molecule has 2 amide bonds. The SMILES string of the molecule is CC(=O)N1CCN(c2ncc(C(=O)N3CCCc4ccccc43)cn2)CC1. The Kier molecular flexibility index (Phi) is 4.75. The van der Waals surface area contributed by atoms with Crippen LogP contribution >= 0.6 is 0 Å². The van der Waals surface area contributed by atoms with Crippen molar-refractivity contribution in [3.05, 3.63) is 47.8 Å². The van der Waals surface area contributed by atoms with Crippen LogP contribution in [-0.4, -0.2) is 59.4 Å². The van der Waals surface area contributed by atoms with E-state index in [1.54, 1.807) is 19.3 Å². The number of carbonyl (C=O) groups is 2. The van der Waals surface area contributed by atoms with E-state index >= 15 is 0 Å². The fourth-order valence-electron chi connectivity index (χ4n) is 3.72. The second-order valence-corrected chi connectivity index (χ2v) is 6.95. The minimum atomic E-state index is -0.0601. The molecule has 27 heavy (non-hydrogen) atoms. The molecule has 7 nitrogen and oxygen atoms in total. The van der Waals surface area contributed by atoms with Crippen molar-refractivity contribution in [2.24, 2.45) is 0 Å². The van der Waals surface area contributed by atoms with Crippen molar-refractivity contribution < 1.29 is 9.59 Å². The van der Waals surface area contributed by atoms with Crippen molar-refractivity contribution in [3.8, 4) is 0 Å². The second kappa shape index (κ2) is 7.34. The fraction of sp³-hybridized carbons (Fsp3) is 0.400. The van der Waals surface area contributed by atoms with Crippen LogP contribution in [0.5, 0.6) is 0 Å². The van der Waals surface area contributed by atoms with Crippen molar-refractivity contribution in [1.82, 2.24) is 14.9 Å². The first-order valence-electron chi connectivity index (χ1n) is 9.36. The van der Waals surface area contributed by atoms with Gasteiger partial charge in [0.2, 0.25) is 11.9 Å². The van der Waals surface area contributed by atoms with Crippen molar-refractivity contribution in [3.63, 3.8) is 0 Å². The largest absolute Gasteiger partial charge is 0.339 e. The van der Waals surface area contributed by atoms with Gasteiger partial charge in [0.25, 0.3) is 5.91 Å². The highest BCUT2D eigenvalue weighted by atomic mass is 16.2. The Bertz CT molecular complexity index is 844. The first-order chi connectivity index (χ1) is 13.1. The van der Waals surface area contributed by atoms with E-state index in [0.717, 1.165) is 18.5 Å². The summed E-state index contributed by atoms with van der Waals surface area (Å²) in [5.41, 5.74) is 2.69. The van der Waals surface area contributed by atoms with Gasteiger partial charge in [-0.15, -0.1) is 0 Å². The summed E-state index contributed by atoms with van der Waals surface area (Å²) in [6.07, 6.45) is 5.18. The predicted octanol–water partition coefficient (Wildman–Crippen LogP) is 1.74. The molecular weight excluding hydrogens is 342 g/mol. The van der Waals surface area contributed by atoms with E-state index in [1.165, 1.54) is 5.56 Å². The van der Waals surface area contributed by atoms with Crippen molar-refractivity contribution in [1.29, 1.82) is 0 Å². The summed E-state index contributed by atoms with van der Waals surface area (Å²) in [6.45, 7) is 5.04. The number of amides is 2. The standard InChI is InChI=1S/C20H23N5O2/c1-15(26)23-9-11-24(12-10-23)20-21-13-17(14-22-20)19(27)25-8-4-6-16-5-2-3-7-18(16)25/h2-3,5,7,13-14H,4,6,8-12H2,1H3. The van der Waals surface area contributed by atoms with Crippen molar-refractivity contribution >= 4 is 23.5 Å². The third-order valence-corrected chi connectivity index (χ3v) is 5.25. The Morgan fingerprint density at radius 1 is 0.963 bits per heavy atom. The molecular formula is C20H23N5O2. The van der Waals surface area contributed by atoms with Crippen LogP contribution < -0.4 is 9.80 Å². The monoisotopic (exact) mass is 365 g/mol. The lowest BCUT2D eigenvalue weighted by Gasteiger charge is -2.34. The smallest absolute Gasteiger partial charge is 0.261 e. The Labute approximate surface area is 158 Å². The minimum absolute atomic E-state index is 0.0601. The van der Waals surface area contributed by atoms with Gasteiger partial charge in [-0.25, -0.2) is 9.97 Å². The predicted molar refractivity (Wildman–Crippen MR) is 103 cm³/mol. The number of nitrogens with zero attached hydrogens (tertiary/aromatic N) is 5. The molecule has 0 aliphatic carbocycles. The van der Waals surface area contributed by atoms with Crippen molar-refractivity contribution in [2.45, 2.75) is 19.8 Å². The molecule has 0 unspecified atom stereocenters. The van der Waals surface area contributed by atoms with Gasteiger partial charge in [0.15, 0.2) is 0 Å². The van der Waals surface area contributed by atoms with Crippen LogP contribution in [0.3, 0.4) is 0 Å². The van der Waals surface area contributed by atoms with Gasteiger partial charge in [-0.3, -0.25) is 9.59 Å². The van der Waals surface area contributed by atoms with E-state index in [0.29, 0.717) is 44.2 Å². The highest BCUT2D eigenvalue weighted by molar-refractivity contribution is 6.06. The molecule has 1 fully saturated rings. The molecule has 0 N–H and O–H groups in total. The van der Waals surface area contributed by atoms with Crippen LogP contribution in [0.4, 0.5) is 11.6 Å². The number of benzene rings is 1. The molecule has 0 atom stereocenters. The molecule has 2 aromatic rings. The van der Waals surface area contributed by atoms with Crippen molar-refractivity contribution in [2.75, 3.05) is 42.5 Å². The molecule has 1 aromatic heterocycles. The average Bonchev–Trinajstić information content (AvgIpc) is 2.73. The number of rotatable bonds is 2. The molecule has 2 aliphatic rings. The van der Waals surface area contributed by atoms with E-state index in [4.69, 9.17) is 0 Å². The highest BCUT2D eigenvalue weighted by Crippen LogP contribution is 2.28. The average molecular weight is 365 g/mol. The number of anilines is 2. The Balaban J connectivity index is 1.47. The molecule has 1 aromatic carbocycles. The molecule has 3 heterocycles. The number of piperazine rings is 1. The van der Waals surface area contributed by atoms with E-state index in [2.05, 4.69) is 16.0 Å². The van der Waals surface area contributed by atoms with Crippen LogP contribution in [0.2, 0.25) is 0 Å². The zero-order valence-corrected chi connectivity index (χ0v) is 15.5. The lowest BCUT2D eigenvalue weighted by atomic mass is 10.0. The van der Waals surface area contributed by atoms with Crippen LogP contribution in [0.1, 0.15) is 29.3 Å². The van der Waals surface area contributed by atoms with E-state index in [9.17, 15) is 9.59 Å². The molecule has 7 heteroatoms. The Hall–Kier alpha value is -2.96. The fourth-order valence-corrected chi connectivity index (χ4v) is 3.72. The Morgan fingerprint density at radius 3 is 2.37 bits per heavy atom. The maximum Gasteiger partial charge on any atom is 0.261 e. The molecule has 0 bridgehead atoms. The molecule has 0 saturated carbocycles. The molecule has 140 valence electrons. The minimum Gasteiger partial charge on any atom is -0.339 e. The number of aromatic nitrogens is 2. The van der Waals surface area contributed by atoms with Crippen LogP contribution in [0.15, 0.2) is 36.7 Å². The number of aryl methyl sites for hydroxylation is 1. The van der Waals surface area contributed by atoms with E-state index in [-0.39, 0.29) is 11.8 Å². The van der Waals surface area contributed by atoms with Gasteiger partial charge in [0.1, 0.15) is 0 Å². The maximum atomic E-state index is 13.0. The first kappa shape index (κ1) is 17.5. The van der Waals surface area contributed by atoms with Gasteiger partial charge in [-0.05, 0) is 24.5 Å². The summed E-state index contributed by atoms with van der Waals surface area (Å²) in [5, 5.41) is 0. The van der Waals surface area contributed by atoms with E-state index in [1.807, 2.05) is 32.9 Å². The molecule has 1 saturated heterocycles. The molecule has 4 rings (SSSR count). The number of hydrogen-bond acceptors (Lipinski definition) is 5. The summed E-state index contributed by atoms with van der Waals surface area (Å²) < 4.78 is 0.